The van der Waals surface area contributed by atoms with Gasteiger partial charge < -0.3 is 14.6 Å². The Morgan fingerprint density at radius 1 is 0.972 bits per heavy atom. The summed E-state index contributed by atoms with van der Waals surface area (Å²) in [7, 11) is 0. The smallest absolute Gasteiger partial charge is 0.416 e. The lowest BCUT2D eigenvalue weighted by Gasteiger charge is -2.26. The summed E-state index contributed by atoms with van der Waals surface area (Å²) in [5, 5.41) is 10.0. The fourth-order valence-corrected chi connectivity index (χ4v) is 4.15. The molecular formula is C28H23F3O5. The van der Waals surface area contributed by atoms with Crippen molar-refractivity contribution in [1.82, 2.24) is 0 Å². The maximum Gasteiger partial charge on any atom is 0.416 e. The normalized spacial score (nSPS) is 18.9. The third-order valence-electron chi connectivity index (χ3n) is 5.95. The Bertz CT molecular complexity index is 1220. The molecule has 4 rings (SSSR count). The highest BCUT2D eigenvalue weighted by atomic mass is 19.4. The van der Waals surface area contributed by atoms with Crippen LogP contribution in [0.5, 0.6) is 0 Å². The molecule has 186 valence electrons. The molecule has 1 saturated heterocycles. The third-order valence-corrected chi connectivity index (χ3v) is 5.95. The molecule has 36 heavy (non-hydrogen) atoms. The first-order valence-electron chi connectivity index (χ1n) is 11.2. The molecule has 3 aromatic carbocycles. The van der Waals surface area contributed by atoms with Crippen LogP contribution in [0.1, 0.15) is 34.6 Å². The van der Waals surface area contributed by atoms with E-state index in [1.165, 1.54) is 18.2 Å². The average Bonchev–Trinajstić information content (AvgIpc) is 3.19. The van der Waals surface area contributed by atoms with Crippen LogP contribution in [-0.4, -0.2) is 35.9 Å². The number of alkyl halides is 3. The maximum atomic E-state index is 13.4. The van der Waals surface area contributed by atoms with Gasteiger partial charge in [0.1, 0.15) is 12.5 Å². The summed E-state index contributed by atoms with van der Waals surface area (Å²) < 4.78 is 50.9. The van der Waals surface area contributed by atoms with Crippen molar-refractivity contribution in [2.75, 3.05) is 13.2 Å². The molecule has 8 heteroatoms. The summed E-state index contributed by atoms with van der Waals surface area (Å²) in [6.07, 6.45) is -3.73. The van der Waals surface area contributed by atoms with E-state index >= 15 is 0 Å². The van der Waals surface area contributed by atoms with Crippen LogP contribution in [0, 0.1) is 0 Å². The number of hydrogen-bond acceptors (Lipinski definition) is 5. The minimum atomic E-state index is -4.61. The summed E-state index contributed by atoms with van der Waals surface area (Å²) in [6.45, 7) is -1.13. The van der Waals surface area contributed by atoms with Gasteiger partial charge in [-0.1, -0.05) is 78.9 Å². The Morgan fingerprint density at radius 2 is 1.53 bits per heavy atom. The van der Waals surface area contributed by atoms with E-state index in [0.717, 1.165) is 12.1 Å². The monoisotopic (exact) mass is 496 g/mol. The molecule has 0 spiro atoms. The molecule has 0 amide bonds. The van der Waals surface area contributed by atoms with Gasteiger partial charge in [-0.2, -0.15) is 13.2 Å². The molecular weight excluding hydrogens is 473 g/mol. The van der Waals surface area contributed by atoms with Gasteiger partial charge in [-0.15, -0.1) is 0 Å². The fourth-order valence-electron chi connectivity index (χ4n) is 4.15. The molecule has 0 aliphatic carbocycles. The minimum absolute atomic E-state index is 0.0560. The first-order valence-corrected chi connectivity index (χ1v) is 11.2. The molecule has 1 unspecified atom stereocenters. The quantitative estimate of drug-likeness (QED) is 0.362. The van der Waals surface area contributed by atoms with Crippen LogP contribution in [-0.2, 0) is 25.2 Å². The molecule has 0 aromatic heterocycles. The van der Waals surface area contributed by atoms with E-state index in [2.05, 4.69) is 0 Å². The van der Waals surface area contributed by atoms with Crippen LogP contribution < -0.4 is 0 Å². The van der Waals surface area contributed by atoms with Gasteiger partial charge in [-0.05, 0) is 28.8 Å². The zero-order valence-electron chi connectivity index (χ0n) is 19.1. The number of esters is 2. The van der Waals surface area contributed by atoms with Crippen molar-refractivity contribution in [2.45, 2.75) is 24.1 Å². The van der Waals surface area contributed by atoms with Crippen molar-refractivity contribution in [3.63, 3.8) is 0 Å². The van der Waals surface area contributed by atoms with Gasteiger partial charge in [-0.25, -0.2) is 4.79 Å². The number of carbonyl (C=O) groups excluding carboxylic acids is 2. The summed E-state index contributed by atoms with van der Waals surface area (Å²) in [5.41, 5.74) is -1.36. The molecule has 1 aliphatic rings. The van der Waals surface area contributed by atoms with Gasteiger partial charge in [0, 0.05) is 12.0 Å². The molecule has 5 nitrogen and oxygen atoms in total. The topological polar surface area (TPSA) is 72.8 Å². The van der Waals surface area contributed by atoms with E-state index in [4.69, 9.17) is 9.47 Å². The molecule has 1 atom stereocenters. The third kappa shape index (κ3) is 5.49. The Hall–Kier alpha value is -3.91. The number of carbonyl (C=O) groups is 2. The van der Waals surface area contributed by atoms with E-state index in [1.807, 2.05) is 12.1 Å². The van der Waals surface area contributed by atoms with Crippen molar-refractivity contribution >= 4 is 18.0 Å². The van der Waals surface area contributed by atoms with Crippen LogP contribution in [0.3, 0.4) is 0 Å². The highest BCUT2D eigenvalue weighted by Gasteiger charge is 2.45. The molecule has 1 heterocycles. The summed E-state index contributed by atoms with van der Waals surface area (Å²) in [6, 6.07) is 22.8. The fraction of sp³-hybridized carbons (Fsp3) is 0.214. The summed E-state index contributed by atoms with van der Waals surface area (Å²) in [4.78, 5) is 25.7. The molecule has 0 bridgehead atoms. The number of rotatable bonds is 7. The predicted octanol–water partition coefficient (Wildman–Crippen LogP) is 5.14. The van der Waals surface area contributed by atoms with Gasteiger partial charge in [0.15, 0.2) is 5.60 Å². The Balaban J connectivity index is 1.55. The van der Waals surface area contributed by atoms with E-state index < -0.39 is 48.4 Å². The summed E-state index contributed by atoms with van der Waals surface area (Å²) in [5.74, 6) is -2.25. The summed E-state index contributed by atoms with van der Waals surface area (Å²) >= 11 is 0. The van der Waals surface area contributed by atoms with Crippen LogP contribution >= 0.6 is 0 Å². The van der Waals surface area contributed by atoms with Crippen molar-refractivity contribution in [1.29, 1.82) is 0 Å². The lowest BCUT2D eigenvalue weighted by Crippen LogP contribution is -2.40. The van der Waals surface area contributed by atoms with Gasteiger partial charge in [-0.3, -0.25) is 4.79 Å². The van der Waals surface area contributed by atoms with Gasteiger partial charge in [0.2, 0.25) is 0 Å². The second kappa shape index (κ2) is 10.4. The number of aliphatic hydroxyl groups excluding tert-OH is 1. The zero-order valence-corrected chi connectivity index (χ0v) is 19.1. The molecule has 1 fully saturated rings. The van der Waals surface area contributed by atoms with Crippen LogP contribution in [0.25, 0.3) is 6.08 Å². The highest BCUT2D eigenvalue weighted by Crippen LogP contribution is 2.37. The molecule has 0 saturated carbocycles. The van der Waals surface area contributed by atoms with E-state index in [1.54, 1.807) is 48.5 Å². The number of hydrogen-bond donors (Lipinski definition) is 1. The van der Waals surface area contributed by atoms with Gasteiger partial charge in [0.05, 0.1) is 12.2 Å². The number of benzene rings is 3. The Kier molecular flexibility index (Phi) is 7.26. The number of aliphatic hydroxyl groups is 1. The van der Waals surface area contributed by atoms with Gasteiger partial charge >= 0.3 is 18.1 Å². The minimum Gasteiger partial charge on any atom is -0.461 e. The predicted molar refractivity (Wildman–Crippen MR) is 126 cm³/mol. The van der Waals surface area contributed by atoms with Crippen LogP contribution in [0.4, 0.5) is 13.2 Å². The van der Waals surface area contributed by atoms with Crippen LogP contribution in [0.2, 0.25) is 0 Å². The van der Waals surface area contributed by atoms with Crippen molar-refractivity contribution in [3.05, 3.63) is 113 Å². The molecule has 0 radical (unpaired) electrons. The first kappa shape index (κ1) is 25.2. The van der Waals surface area contributed by atoms with Crippen molar-refractivity contribution in [3.8, 4) is 0 Å². The standard InChI is InChI=1S/C28H23F3O5/c29-28(30,31)23-14-8-7-13-21(23)15-22-16-27(17-32,36-25(22)33)18-35-26(34)24(19-9-3-1-4-10-19)20-11-5-2-6-12-20/h1-15,24,32H,16-18H2/b22-15+. The molecule has 3 aromatic rings. The second-order valence-corrected chi connectivity index (χ2v) is 8.52. The highest BCUT2D eigenvalue weighted by molar-refractivity contribution is 5.96. The number of ether oxygens (including phenoxy) is 2. The van der Waals surface area contributed by atoms with E-state index in [0.29, 0.717) is 11.1 Å². The van der Waals surface area contributed by atoms with E-state index in [9.17, 15) is 27.9 Å². The van der Waals surface area contributed by atoms with E-state index in [-0.39, 0.29) is 17.6 Å². The Labute approximate surface area is 205 Å². The molecule has 1 N–H and O–H groups in total. The molecule has 1 aliphatic heterocycles. The largest absolute Gasteiger partial charge is 0.461 e. The maximum absolute atomic E-state index is 13.4. The zero-order chi connectivity index (χ0) is 25.8. The number of halogens is 3. The Morgan fingerprint density at radius 3 is 2.08 bits per heavy atom. The first-order chi connectivity index (χ1) is 17.2. The lowest BCUT2D eigenvalue weighted by molar-refractivity contribution is -0.166. The van der Waals surface area contributed by atoms with Crippen LogP contribution in [0.15, 0.2) is 90.5 Å². The van der Waals surface area contributed by atoms with Crippen molar-refractivity contribution < 1.29 is 37.3 Å². The second-order valence-electron chi connectivity index (χ2n) is 8.52. The number of cyclic esters (lactones) is 1. The SMILES string of the molecule is O=C1OC(CO)(COC(=O)C(c2ccccc2)c2ccccc2)C/C1=C\c1ccccc1C(F)(F)F. The van der Waals surface area contributed by atoms with Gasteiger partial charge in [0.25, 0.3) is 0 Å². The van der Waals surface area contributed by atoms with Crippen molar-refractivity contribution in [2.24, 2.45) is 0 Å². The average molecular weight is 496 g/mol. The lowest BCUT2D eigenvalue weighted by atomic mass is 9.91.